The lowest BCUT2D eigenvalue weighted by atomic mass is 9.85. The van der Waals surface area contributed by atoms with Gasteiger partial charge in [-0.1, -0.05) is 148 Å². The number of esters is 1. The summed E-state index contributed by atoms with van der Waals surface area (Å²) in [6.45, 7) is 4.48. The zero-order valence-electron chi connectivity index (χ0n) is 22.5. The van der Waals surface area contributed by atoms with Gasteiger partial charge in [-0.3, -0.25) is 9.59 Å². The number of carbonyl (C=O) groups excluding carboxylic acids is 1. The highest BCUT2D eigenvalue weighted by atomic mass is 16.5. The van der Waals surface area contributed by atoms with Crippen molar-refractivity contribution in [3.05, 3.63) is 12.8 Å². The highest BCUT2D eigenvalue weighted by Crippen LogP contribution is 2.28. The molecule has 34 heavy (non-hydrogen) atoms. The van der Waals surface area contributed by atoms with E-state index < -0.39 is 5.97 Å². The van der Waals surface area contributed by atoms with Crippen molar-refractivity contribution >= 4 is 11.9 Å². The first kappa shape index (κ1) is 32.7. The summed E-state index contributed by atoms with van der Waals surface area (Å²) in [4.78, 5) is 20.2. The van der Waals surface area contributed by atoms with Gasteiger partial charge in [0, 0.05) is 13.3 Å². The van der Waals surface area contributed by atoms with Crippen molar-refractivity contribution in [3.8, 4) is 0 Å². The first-order chi connectivity index (χ1) is 16.6. The lowest BCUT2D eigenvalue weighted by molar-refractivity contribution is -0.137. The van der Waals surface area contributed by atoms with E-state index in [2.05, 4.69) is 11.3 Å². The van der Waals surface area contributed by atoms with Gasteiger partial charge < -0.3 is 9.84 Å². The standard InChI is InChI=1S/C26H50O2.C4H6O2/c27-26(28)24-20-15-13-11-9-7-5-3-1-2-4-6-8-10-12-14-17-21-25-22-18-16-19-23-25;1-3-6-4(2)5/h25H,1-24H2,(H,27,28);3H,1H2,2H3. The highest BCUT2D eigenvalue weighted by Gasteiger charge is 2.12. The Bertz CT molecular complexity index is 468. The van der Waals surface area contributed by atoms with Gasteiger partial charge in [0.05, 0.1) is 6.26 Å². The van der Waals surface area contributed by atoms with Gasteiger partial charge in [-0.15, -0.1) is 0 Å². The third-order valence-corrected chi connectivity index (χ3v) is 6.98. The molecule has 0 atom stereocenters. The number of hydrogen-bond donors (Lipinski definition) is 1. The molecular weight excluding hydrogens is 424 g/mol. The molecule has 0 aromatic heterocycles. The zero-order chi connectivity index (χ0) is 25.1. The van der Waals surface area contributed by atoms with E-state index in [0.29, 0.717) is 6.42 Å². The molecular formula is C30H56O4. The summed E-state index contributed by atoms with van der Waals surface area (Å²) in [6.07, 6.45) is 33.7. The molecule has 0 saturated heterocycles. The average Bonchev–Trinajstić information content (AvgIpc) is 2.81. The minimum absolute atomic E-state index is 0.329. The zero-order valence-corrected chi connectivity index (χ0v) is 22.5. The largest absolute Gasteiger partial charge is 0.481 e. The molecule has 200 valence electrons. The minimum Gasteiger partial charge on any atom is -0.481 e. The number of hydrogen-bond acceptors (Lipinski definition) is 3. The molecule has 4 heteroatoms. The fraction of sp³-hybridized carbons (Fsp3) is 0.867. The van der Waals surface area contributed by atoms with Crippen LogP contribution in [0.15, 0.2) is 12.8 Å². The van der Waals surface area contributed by atoms with Gasteiger partial charge in [-0.25, -0.2) is 0 Å². The monoisotopic (exact) mass is 480 g/mol. The van der Waals surface area contributed by atoms with Crippen molar-refractivity contribution < 1.29 is 19.4 Å². The number of carboxylic acids is 1. The second kappa shape index (κ2) is 26.3. The Labute approximate surface area is 211 Å². The normalized spacial score (nSPS) is 13.7. The summed E-state index contributed by atoms with van der Waals surface area (Å²) in [5.41, 5.74) is 0. The first-order valence-electron chi connectivity index (χ1n) is 14.6. The highest BCUT2D eigenvalue weighted by molar-refractivity contribution is 5.66. The second-order valence-corrected chi connectivity index (χ2v) is 10.2. The molecule has 0 unspecified atom stereocenters. The van der Waals surface area contributed by atoms with Gasteiger partial charge in [-0.05, 0) is 12.3 Å². The van der Waals surface area contributed by atoms with Crippen LogP contribution in [0.5, 0.6) is 0 Å². The van der Waals surface area contributed by atoms with Crippen molar-refractivity contribution in [2.45, 2.75) is 161 Å². The van der Waals surface area contributed by atoms with E-state index >= 15 is 0 Å². The van der Waals surface area contributed by atoms with Crippen molar-refractivity contribution in [1.82, 2.24) is 0 Å². The van der Waals surface area contributed by atoms with Crippen LogP contribution in [0, 0.1) is 5.92 Å². The molecule has 0 aromatic rings. The van der Waals surface area contributed by atoms with E-state index in [1.807, 2.05) is 0 Å². The van der Waals surface area contributed by atoms with Crippen LogP contribution in [-0.4, -0.2) is 17.0 Å². The molecule has 0 aromatic carbocycles. The fourth-order valence-electron chi connectivity index (χ4n) is 4.95. The molecule has 0 radical (unpaired) electrons. The Kier molecular flexibility index (Phi) is 25.3. The maximum atomic E-state index is 10.4. The molecule has 1 saturated carbocycles. The third kappa shape index (κ3) is 26.9. The number of aliphatic carboxylic acids is 1. The molecule has 0 aliphatic heterocycles. The summed E-state index contributed by atoms with van der Waals surface area (Å²) < 4.78 is 4.17. The molecule has 1 aliphatic carbocycles. The Morgan fingerprint density at radius 1 is 0.706 bits per heavy atom. The summed E-state index contributed by atoms with van der Waals surface area (Å²) in [5.74, 6) is 0.104. The first-order valence-corrected chi connectivity index (χ1v) is 14.6. The average molecular weight is 481 g/mol. The molecule has 4 nitrogen and oxygen atoms in total. The summed E-state index contributed by atoms with van der Waals surface area (Å²) in [6, 6.07) is 0. The summed E-state index contributed by atoms with van der Waals surface area (Å²) in [7, 11) is 0. The topological polar surface area (TPSA) is 63.6 Å². The molecule has 1 N–H and O–H groups in total. The van der Waals surface area contributed by atoms with E-state index in [9.17, 15) is 9.59 Å². The number of unbranched alkanes of at least 4 members (excludes halogenated alkanes) is 16. The van der Waals surface area contributed by atoms with Crippen molar-refractivity contribution in [3.63, 3.8) is 0 Å². The summed E-state index contributed by atoms with van der Waals surface area (Å²) in [5, 5.41) is 8.59. The van der Waals surface area contributed by atoms with Crippen LogP contribution in [0.2, 0.25) is 0 Å². The molecule has 0 heterocycles. The maximum Gasteiger partial charge on any atom is 0.307 e. The third-order valence-electron chi connectivity index (χ3n) is 6.98. The van der Waals surface area contributed by atoms with Gasteiger partial charge in [0.15, 0.2) is 0 Å². The van der Waals surface area contributed by atoms with Gasteiger partial charge >= 0.3 is 11.9 Å². The predicted octanol–water partition coefficient (Wildman–Crippen LogP) is 9.76. The molecule has 0 spiro atoms. The Hall–Kier alpha value is -1.32. The van der Waals surface area contributed by atoms with Gasteiger partial charge in [0.25, 0.3) is 0 Å². The molecule has 1 fully saturated rings. The van der Waals surface area contributed by atoms with Gasteiger partial charge in [-0.2, -0.15) is 0 Å². The lowest BCUT2D eigenvalue weighted by Gasteiger charge is -2.21. The number of ether oxygens (including phenoxy) is 1. The van der Waals surface area contributed by atoms with Crippen LogP contribution in [0.3, 0.4) is 0 Å². The van der Waals surface area contributed by atoms with Crippen LogP contribution < -0.4 is 0 Å². The van der Waals surface area contributed by atoms with Gasteiger partial charge in [0.1, 0.15) is 0 Å². The Morgan fingerprint density at radius 2 is 1.09 bits per heavy atom. The van der Waals surface area contributed by atoms with Crippen LogP contribution in [0.25, 0.3) is 0 Å². The van der Waals surface area contributed by atoms with Crippen LogP contribution in [0.1, 0.15) is 161 Å². The lowest BCUT2D eigenvalue weighted by Crippen LogP contribution is -2.05. The smallest absolute Gasteiger partial charge is 0.307 e. The van der Waals surface area contributed by atoms with Crippen molar-refractivity contribution in [1.29, 1.82) is 0 Å². The van der Waals surface area contributed by atoms with E-state index in [1.54, 1.807) is 0 Å². The van der Waals surface area contributed by atoms with E-state index in [4.69, 9.17) is 5.11 Å². The van der Waals surface area contributed by atoms with E-state index in [0.717, 1.165) is 25.0 Å². The fourth-order valence-corrected chi connectivity index (χ4v) is 4.95. The number of carboxylic acid groups (broad SMARTS) is 1. The molecule has 0 bridgehead atoms. The Balaban J connectivity index is 0.00000160. The summed E-state index contributed by atoms with van der Waals surface area (Å²) >= 11 is 0. The quantitative estimate of drug-likeness (QED) is 0.101. The maximum absolute atomic E-state index is 10.4. The number of rotatable bonds is 21. The van der Waals surface area contributed by atoms with Crippen LogP contribution in [0.4, 0.5) is 0 Å². The molecule has 0 amide bonds. The van der Waals surface area contributed by atoms with Crippen molar-refractivity contribution in [2.75, 3.05) is 0 Å². The van der Waals surface area contributed by atoms with Gasteiger partial charge in [0.2, 0.25) is 0 Å². The SMILES string of the molecule is C=COC(C)=O.O=C(O)CCCCCCCCCCCCCCCCCCCC1CCCCC1. The Morgan fingerprint density at radius 3 is 1.41 bits per heavy atom. The van der Waals surface area contributed by atoms with Crippen LogP contribution in [-0.2, 0) is 14.3 Å². The van der Waals surface area contributed by atoms with Crippen molar-refractivity contribution in [2.24, 2.45) is 5.92 Å². The van der Waals surface area contributed by atoms with E-state index in [-0.39, 0.29) is 5.97 Å². The number of carbonyl (C=O) groups is 2. The second-order valence-electron chi connectivity index (χ2n) is 10.2. The van der Waals surface area contributed by atoms with Crippen LogP contribution >= 0.6 is 0 Å². The minimum atomic E-state index is -0.648. The molecule has 1 rings (SSSR count). The van der Waals surface area contributed by atoms with E-state index in [1.165, 1.54) is 142 Å². The molecule has 1 aliphatic rings. The predicted molar refractivity (Wildman–Crippen MR) is 144 cm³/mol.